The first-order chi connectivity index (χ1) is 9.55. The van der Waals surface area contributed by atoms with Gasteiger partial charge < -0.3 is 14.8 Å². The molecule has 6 heteroatoms. The van der Waals surface area contributed by atoms with Gasteiger partial charge in [0.1, 0.15) is 5.69 Å². The average Bonchev–Trinajstić information content (AvgIpc) is 2.41. The molecule has 1 fully saturated rings. The molecule has 20 heavy (non-hydrogen) atoms. The Morgan fingerprint density at radius 1 is 1.30 bits per heavy atom. The molecule has 110 valence electrons. The predicted molar refractivity (Wildman–Crippen MR) is 76.7 cm³/mol. The molecule has 1 aliphatic carbocycles. The third-order valence-electron chi connectivity index (χ3n) is 4.09. The largest absolute Gasteiger partial charge is 0.493 e. The van der Waals surface area contributed by atoms with Gasteiger partial charge in [-0.15, -0.1) is 0 Å². The van der Waals surface area contributed by atoms with E-state index in [-0.39, 0.29) is 11.2 Å². The Balaban J connectivity index is 2.41. The summed E-state index contributed by atoms with van der Waals surface area (Å²) in [5, 5.41) is 14.6. The zero-order valence-electron chi connectivity index (χ0n) is 12.1. The number of hydrogen-bond acceptors (Lipinski definition) is 5. The molecule has 0 atom stereocenters. The maximum Gasteiger partial charge on any atom is 0.296 e. The SMILES string of the molecule is CCC1(Nc2cc(OC)c(OC)cc2[N+](=O)[O-])CCC1. The number of hydrogen-bond donors (Lipinski definition) is 1. The fourth-order valence-electron chi connectivity index (χ4n) is 2.58. The number of nitrogens with zero attached hydrogens (tertiary/aromatic N) is 1. The molecular weight excluding hydrogens is 260 g/mol. The number of ether oxygens (including phenoxy) is 2. The highest BCUT2D eigenvalue weighted by Gasteiger charge is 2.36. The summed E-state index contributed by atoms with van der Waals surface area (Å²) in [6.45, 7) is 2.10. The minimum Gasteiger partial charge on any atom is -0.493 e. The highest BCUT2D eigenvalue weighted by molar-refractivity contribution is 5.69. The molecule has 0 amide bonds. The van der Waals surface area contributed by atoms with Crippen LogP contribution in [0.25, 0.3) is 0 Å². The summed E-state index contributed by atoms with van der Waals surface area (Å²) in [6, 6.07) is 3.05. The van der Waals surface area contributed by atoms with Crippen LogP contribution in [-0.4, -0.2) is 24.7 Å². The van der Waals surface area contributed by atoms with Gasteiger partial charge in [-0.25, -0.2) is 0 Å². The third kappa shape index (κ3) is 2.50. The third-order valence-corrected chi connectivity index (χ3v) is 4.09. The van der Waals surface area contributed by atoms with Crippen LogP contribution in [0.1, 0.15) is 32.6 Å². The molecule has 0 saturated heterocycles. The summed E-state index contributed by atoms with van der Waals surface area (Å²) >= 11 is 0. The lowest BCUT2D eigenvalue weighted by Crippen LogP contribution is -2.44. The summed E-state index contributed by atoms with van der Waals surface area (Å²) in [5.74, 6) is 0.857. The molecule has 1 aliphatic rings. The van der Waals surface area contributed by atoms with Crippen LogP contribution in [0.4, 0.5) is 11.4 Å². The van der Waals surface area contributed by atoms with Crippen molar-refractivity contribution in [1.29, 1.82) is 0 Å². The van der Waals surface area contributed by atoms with Gasteiger partial charge in [-0.1, -0.05) is 6.92 Å². The van der Waals surface area contributed by atoms with E-state index in [0.29, 0.717) is 17.2 Å². The molecule has 1 aromatic rings. The Labute approximate surface area is 118 Å². The van der Waals surface area contributed by atoms with Crippen molar-refractivity contribution in [3.8, 4) is 11.5 Å². The molecule has 0 spiro atoms. The van der Waals surface area contributed by atoms with Crippen LogP contribution < -0.4 is 14.8 Å². The Kier molecular flexibility index (Phi) is 4.01. The molecule has 1 aromatic carbocycles. The number of nitro groups is 1. The van der Waals surface area contributed by atoms with Crippen molar-refractivity contribution < 1.29 is 14.4 Å². The Bertz CT molecular complexity index is 507. The highest BCUT2D eigenvalue weighted by atomic mass is 16.6. The van der Waals surface area contributed by atoms with E-state index in [1.165, 1.54) is 20.3 Å². The summed E-state index contributed by atoms with van der Waals surface area (Å²) in [5.41, 5.74) is 0.487. The van der Waals surface area contributed by atoms with E-state index in [9.17, 15) is 10.1 Å². The normalized spacial score (nSPS) is 16.1. The number of anilines is 1. The summed E-state index contributed by atoms with van der Waals surface area (Å²) in [6.07, 6.45) is 4.17. The molecule has 1 saturated carbocycles. The molecule has 0 bridgehead atoms. The van der Waals surface area contributed by atoms with E-state index in [0.717, 1.165) is 25.7 Å². The molecule has 0 unspecified atom stereocenters. The standard InChI is InChI=1S/C14H20N2O4/c1-4-14(6-5-7-14)15-10-8-12(19-2)13(20-3)9-11(10)16(17)18/h8-9,15H,4-7H2,1-3H3. The van der Waals surface area contributed by atoms with Crippen LogP contribution in [0.2, 0.25) is 0 Å². The maximum atomic E-state index is 11.2. The van der Waals surface area contributed by atoms with Crippen LogP contribution in [0.3, 0.4) is 0 Å². The van der Waals surface area contributed by atoms with Gasteiger partial charge >= 0.3 is 0 Å². The van der Waals surface area contributed by atoms with Gasteiger partial charge in [0.15, 0.2) is 11.5 Å². The van der Waals surface area contributed by atoms with Gasteiger partial charge in [0.2, 0.25) is 0 Å². The molecule has 6 nitrogen and oxygen atoms in total. The molecule has 0 aromatic heterocycles. The number of nitrogens with one attached hydrogen (secondary N) is 1. The molecule has 0 aliphatic heterocycles. The van der Waals surface area contributed by atoms with E-state index in [2.05, 4.69) is 12.2 Å². The first kappa shape index (κ1) is 14.4. The smallest absolute Gasteiger partial charge is 0.296 e. The van der Waals surface area contributed by atoms with Gasteiger partial charge in [-0.05, 0) is 25.7 Å². The second-order valence-electron chi connectivity index (χ2n) is 5.09. The van der Waals surface area contributed by atoms with Crippen LogP contribution >= 0.6 is 0 Å². The van der Waals surface area contributed by atoms with Gasteiger partial charge in [0, 0.05) is 11.6 Å². The van der Waals surface area contributed by atoms with Gasteiger partial charge in [-0.3, -0.25) is 10.1 Å². The van der Waals surface area contributed by atoms with Gasteiger partial charge in [0.25, 0.3) is 5.69 Å². The average molecular weight is 280 g/mol. The van der Waals surface area contributed by atoms with Crippen molar-refractivity contribution >= 4 is 11.4 Å². The number of methoxy groups -OCH3 is 2. The second kappa shape index (κ2) is 5.56. The van der Waals surface area contributed by atoms with Crippen LogP contribution in [0, 0.1) is 10.1 Å². The number of benzene rings is 1. The molecule has 0 heterocycles. The van der Waals surface area contributed by atoms with E-state index >= 15 is 0 Å². The van der Waals surface area contributed by atoms with Gasteiger partial charge in [0.05, 0.1) is 25.2 Å². The Morgan fingerprint density at radius 2 is 1.90 bits per heavy atom. The minimum absolute atomic E-state index is 0.0161. The summed E-state index contributed by atoms with van der Waals surface area (Å²) in [4.78, 5) is 10.8. The second-order valence-corrected chi connectivity index (χ2v) is 5.09. The Morgan fingerprint density at radius 3 is 2.30 bits per heavy atom. The fourth-order valence-corrected chi connectivity index (χ4v) is 2.58. The Hall–Kier alpha value is -1.98. The maximum absolute atomic E-state index is 11.2. The lowest BCUT2D eigenvalue weighted by molar-refractivity contribution is -0.384. The van der Waals surface area contributed by atoms with E-state index in [4.69, 9.17) is 9.47 Å². The first-order valence-corrected chi connectivity index (χ1v) is 6.74. The lowest BCUT2D eigenvalue weighted by atomic mass is 9.74. The van der Waals surface area contributed by atoms with Crippen molar-refractivity contribution in [2.24, 2.45) is 0 Å². The summed E-state index contributed by atoms with van der Waals surface area (Å²) in [7, 11) is 2.99. The van der Waals surface area contributed by atoms with Crippen LogP contribution in [0.5, 0.6) is 11.5 Å². The topological polar surface area (TPSA) is 73.6 Å². The van der Waals surface area contributed by atoms with Crippen molar-refractivity contribution in [2.75, 3.05) is 19.5 Å². The van der Waals surface area contributed by atoms with Crippen molar-refractivity contribution in [1.82, 2.24) is 0 Å². The fraction of sp³-hybridized carbons (Fsp3) is 0.571. The zero-order valence-corrected chi connectivity index (χ0v) is 12.1. The highest BCUT2D eigenvalue weighted by Crippen LogP contribution is 2.43. The number of rotatable bonds is 6. The zero-order chi connectivity index (χ0) is 14.8. The monoisotopic (exact) mass is 280 g/mol. The van der Waals surface area contributed by atoms with E-state index in [1.54, 1.807) is 6.07 Å². The molecule has 0 radical (unpaired) electrons. The molecule has 1 N–H and O–H groups in total. The molecular formula is C14H20N2O4. The quantitative estimate of drug-likeness (QED) is 0.639. The van der Waals surface area contributed by atoms with E-state index in [1.807, 2.05) is 0 Å². The molecule has 2 rings (SSSR count). The van der Waals surface area contributed by atoms with E-state index < -0.39 is 4.92 Å². The lowest BCUT2D eigenvalue weighted by Gasteiger charge is -2.42. The predicted octanol–water partition coefficient (Wildman–Crippen LogP) is 3.36. The van der Waals surface area contributed by atoms with Gasteiger partial charge in [-0.2, -0.15) is 0 Å². The van der Waals surface area contributed by atoms with Crippen molar-refractivity contribution in [2.45, 2.75) is 38.1 Å². The number of nitro benzene ring substituents is 1. The van der Waals surface area contributed by atoms with Crippen molar-refractivity contribution in [3.05, 3.63) is 22.2 Å². The minimum atomic E-state index is -0.397. The first-order valence-electron chi connectivity index (χ1n) is 6.74. The van der Waals surface area contributed by atoms with Crippen LogP contribution in [0.15, 0.2) is 12.1 Å². The van der Waals surface area contributed by atoms with Crippen molar-refractivity contribution in [3.63, 3.8) is 0 Å². The van der Waals surface area contributed by atoms with Crippen LogP contribution in [-0.2, 0) is 0 Å². The summed E-state index contributed by atoms with van der Waals surface area (Å²) < 4.78 is 10.3.